The van der Waals surface area contributed by atoms with Gasteiger partial charge in [-0.2, -0.15) is 0 Å². The van der Waals surface area contributed by atoms with Gasteiger partial charge >= 0.3 is 0 Å². The van der Waals surface area contributed by atoms with Gasteiger partial charge in [0.1, 0.15) is 5.75 Å². The summed E-state index contributed by atoms with van der Waals surface area (Å²) in [6, 6.07) is 15.0. The minimum absolute atomic E-state index is 0.0474. The van der Waals surface area contributed by atoms with Gasteiger partial charge in [0.15, 0.2) is 0 Å². The molecule has 2 aliphatic heterocycles. The standard InChI is InChI=1S/C21H22N2O3S/c24-16-7-5-14(6-8-16)15-9-11-23(12-10-15)20(25)13-19-21(26)22-17-3-1-2-4-18(17)27-19/h1-8,15,19,24H,9-13H2,(H,22,26). The number of anilines is 1. The zero-order chi connectivity index (χ0) is 18.8. The summed E-state index contributed by atoms with van der Waals surface area (Å²) >= 11 is 1.47. The van der Waals surface area contributed by atoms with E-state index in [4.69, 9.17) is 0 Å². The first-order valence-electron chi connectivity index (χ1n) is 9.23. The fourth-order valence-corrected chi connectivity index (χ4v) is 4.83. The third-order valence-corrected chi connectivity index (χ3v) is 6.55. The van der Waals surface area contributed by atoms with Crippen LogP contribution in [-0.2, 0) is 9.59 Å². The molecule has 5 nitrogen and oxygen atoms in total. The Labute approximate surface area is 162 Å². The lowest BCUT2D eigenvalue weighted by Crippen LogP contribution is -2.41. The third-order valence-electron chi connectivity index (χ3n) is 5.28. The Bertz CT molecular complexity index is 845. The van der Waals surface area contributed by atoms with Gasteiger partial charge in [-0.25, -0.2) is 0 Å². The minimum Gasteiger partial charge on any atom is -0.508 e. The number of carbonyl (C=O) groups is 2. The highest BCUT2D eigenvalue weighted by atomic mass is 32.2. The van der Waals surface area contributed by atoms with Crippen molar-refractivity contribution in [3.8, 4) is 5.75 Å². The fraction of sp³-hybridized carbons (Fsp3) is 0.333. The quantitative estimate of drug-likeness (QED) is 0.851. The Morgan fingerprint density at radius 3 is 2.56 bits per heavy atom. The van der Waals surface area contributed by atoms with Crippen molar-refractivity contribution in [1.29, 1.82) is 0 Å². The molecule has 27 heavy (non-hydrogen) atoms. The summed E-state index contributed by atoms with van der Waals surface area (Å²) in [5.74, 6) is 0.641. The molecule has 1 saturated heterocycles. The lowest BCUT2D eigenvalue weighted by atomic mass is 9.89. The smallest absolute Gasteiger partial charge is 0.238 e. The average Bonchev–Trinajstić information content (AvgIpc) is 2.69. The summed E-state index contributed by atoms with van der Waals surface area (Å²) in [6.07, 6.45) is 2.04. The summed E-state index contributed by atoms with van der Waals surface area (Å²) in [5, 5.41) is 11.9. The van der Waals surface area contributed by atoms with E-state index in [0.717, 1.165) is 23.4 Å². The molecule has 0 aliphatic carbocycles. The van der Waals surface area contributed by atoms with E-state index < -0.39 is 0 Å². The number of nitrogens with zero attached hydrogens (tertiary/aromatic N) is 1. The number of fused-ring (bicyclic) bond motifs is 1. The van der Waals surface area contributed by atoms with Crippen LogP contribution in [0.3, 0.4) is 0 Å². The van der Waals surface area contributed by atoms with Gasteiger partial charge in [-0.05, 0) is 48.6 Å². The minimum atomic E-state index is -0.373. The summed E-state index contributed by atoms with van der Waals surface area (Å²) < 4.78 is 0. The molecule has 0 aromatic heterocycles. The average molecular weight is 382 g/mol. The van der Waals surface area contributed by atoms with E-state index in [1.807, 2.05) is 41.3 Å². The highest BCUT2D eigenvalue weighted by molar-refractivity contribution is 8.01. The SMILES string of the molecule is O=C1Nc2ccccc2SC1CC(=O)N1CCC(c2ccc(O)cc2)CC1. The monoisotopic (exact) mass is 382 g/mol. The number of para-hydroxylation sites is 1. The summed E-state index contributed by atoms with van der Waals surface area (Å²) in [7, 11) is 0. The molecule has 1 unspecified atom stereocenters. The second-order valence-corrected chi connectivity index (χ2v) is 8.29. The number of hydrogen-bond acceptors (Lipinski definition) is 4. The summed E-state index contributed by atoms with van der Waals surface area (Å²) in [5.41, 5.74) is 2.03. The van der Waals surface area contributed by atoms with Gasteiger partial charge in [-0.15, -0.1) is 11.8 Å². The van der Waals surface area contributed by atoms with E-state index >= 15 is 0 Å². The Balaban J connectivity index is 1.33. The highest BCUT2D eigenvalue weighted by Gasteiger charge is 2.31. The molecule has 0 saturated carbocycles. The first-order chi connectivity index (χ1) is 13.1. The van der Waals surface area contributed by atoms with E-state index in [1.165, 1.54) is 17.3 Å². The Morgan fingerprint density at radius 2 is 1.81 bits per heavy atom. The molecule has 4 rings (SSSR count). The first kappa shape index (κ1) is 17.9. The number of thioether (sulfide) groups is 1. The van der Waals surface area contributed by atoms with Crippen LogP contribution in [0.25, 0.3) is 0 Å². The molecule has 2 aromatic carbocycles. The van der Waals surface area contributed by atoms with E-state index in [0.29, 0.717) is 19.0 Å². The summed E-state index contributed by atoms with van der Waals surface area (Å²) in [4.78, 5) is 27.9. The number of aromatic hydroxyl groups is 1. The van der Waals surface area contributed by atoms with Crippen LogP contribution in [0.2, 0.25) is 0 Å². The van der Waals surface area contributed by atoms with E-state index in [-0.39, 0.29) is 29.2 Å². The topological polar surface area (TPSA) is 69.6 Å². The van der Waals surface area contributed by atoms with Gasteiger partial charge in [0, 0.05) is 24.4 Å². The first-order valence-corrected chi connectivity index (χ1v) is 10.1. The zero-order valence-electron chi connectivity index (χ0n) is 14.9. The van der Waals surface area contributed by atoms with E-state index in [2.05, 4.69) is 5.32 Å². The van der Waals surface area contributed by atoms with Gasteiger partial charge in [-0.3, -0.25) is 9.59 Å². The second kappa shape index (κ2) is 7.64. The number of hydrogen-bond donors (Lipinski definition) is 2. The van der Waals surface area contributed by atoms with Crippen LogP contribution in [0, 0.1) is 0 Å². The molecule has 2 aliphatic rings. The second-order valence-electron chi connectivity index (χ2n) is 7.04. The predicted molar refractivity (Wildman–Crippen MR) is 106 cm³/mol. The Kier molecular flexibility index (Phi) is 5.07. The highest BCUT2D eigenvalue weighted by Crippen LogP contribution is 2.37. The summed E-state index contributed by atoms with van der Waals surface area (Å²) in [6.45, 7) is 1.42. The number of amides is 2. The van der Waals surface area contributed by atoms with Crippen LogP contribution < -0.4 is 5.32 Å². The lowest BCUT2D eigenvalue weighted by Gasteiger charge is -2.33. The normalized spacial score (nSPS) is 20.1. The maximum Gasteiger partial charge on any atom is 0.238 e. The largest absolute Gasteiger partial charge is 0.508 e. The van der Waals surface area contributed by atoms with Crippen molar-refractivity contribution in [2.75, 3.05) is 18.4 Å². The van der Waals surface area contributed by atoms with Crippen molar-refractivity contribution in [3.63, 3.8) is 0 Å². The van der Waals surface area contributed by atoms with Crippen LogP contribution in [-0.4, -0.2) is 40.2 Å². The predicted octanol–water partition coefficient (Wildman–Crippen LogP) is 3.60. The fourth-order valence-electron chi connectivity index (χ4n) is 3.72. The number of likely N-dealkylation sites (tertiary alicyclic amines) is 1. The third kappa shape index (κ3) is 3.95. The molecule has 0 radical (unpaired) electrons. The Morgan fingerprint density at radius 1 is 1.11 bits per heavy atom. The molecule has 2 amide bonds. The van der Waals surface area contributed by atoms with Gasteiger partial charge in [0.25, 0.3) is 0 Å². The van der Waals surface area contributed by atoms with Gasteiger partial charge in [-0.1, -0.05) is 24.3 Å². The molecular weight excluding hydrogens is 360 g/mol. The number of phenols is 1. The maximum atomic E-state index is 12.7. The van der Waals surface area contributed by atoms with Crippen LogP contribution in [0.5, 0.6) is 5.75 Å². The van der Waals surface area contributed by atoms with E-state index in [1.54, 1.807) is 12.1 Å². The van der Waals surface area contributed by atoms with E-state index in [9.17, 15) is 14.7 Å². The molecular formula is C21H22N2O3S. The van der Waals surface area contributed by atoms with Crippen molar-refractivity contribution in [1.82, 2.24) is 4.90 Å². The molecule has 0 spiro atoms. The van der Waals surface area contributed by atoms with Crippen LogP contribution in [0.4, 0.5) is 5.69 Å². The number of carbonyl (C=O) groups excluding carboxylic acids is 2. The van der Waals surface area contributed by atoms with Crippen molar-refractivity contribution >= 4 is 29.3 Å². The molecule has 0 bridgehead atoms. The number of phenolic OH excluding ortho intramolecular Hbond substituents is 1. The van der Waals surface area contributed by atoms with Crippen LogP contribution in [0.15, 0.2) is 53.4 Å². The molecule has 2 heterocycles. The molecule has 2 aromatic rings. The number of nitrogens with one attached hydrogen (secondary N) is 1. The van der Waals surface area contributed by atoms with Gasteiger partial charge in [0.2, 0.25) is 11.8 Å². The van der Waals surface area contributed by atoms with Crippen molar-refractivity contribution in [2.45, 2.75) is 35.3 Å². The number of benzene rings is 2. The van der Waals surface area contributed by atoms with Crippen LogP contribution in [0.1, 0.15) is 30.7 Å². The molecule has 6 heteroatoms. The van der Waals surface area contributed by atoms with Crippen molar-refractivity contribution < 1.29 is 14.7 Å². The number of rotatable bonds is 3. The van der Waals surface area contributed by atoms with Gasteiger partial charge < -0.3 is 15.3 Å². The van der Waals surface area contributed by atoms with Crippen molar-refractivity contribution in [2.24, 2.45) is 0 Å². The lowest BCUT2D eigenvalue weighted by molar-refractivity contribution is -0.133. The van der Waals surface area contributed by atoms with Crippen LogP contribution >= 0.6 is 11.8 Å². The van der Waals surface area contributed by atoms with Gasteiger partial charge in [0.05, 0.1) is 10.9 Å². The van der Waals surface area contributed by atoms with Crippen molar-refractivity contribution in [3.05, 3.63) is 54.1 Å². The molecule has 2 N–H and O–H groups in total. The molecule has 140 valence electrons. The maximum absolute atomic E-state index is 12.7. The Hall–Kier alpha value is -2.47. The number of piperidine rings is 1. The molecule has 1 fully saturated rings. The zero-order valence-corrected chi connectivity index (χ0v) is 15.7. The molecule has 1 atom stereocenters.